The Kier molecular flexibility index (Phi) is 4.25. The first-order chi connectivity index (χ1) is 8.79. The van der Waals surface area contributed by atoms with E-state index in [4.69, 9.17) is 10.5 Å². The normalized spacial score (nSPS) is 12.1. The van der Waals surface area contributed by atoms with Crippen LogP contribution in [0.4, 0.5) is 0 Å². The molecule has 2 aromatic rings. The van der Waals surface area contributed by atoms with Gasteiger partial charge in [-0.05, 0) is 30.7 Å². The van der Waals surface area contributed by atoms with E-state index in [2.05, 4.69) is 9.97 Å². The Labute approximate surface area is 107 Å². The van der Waals surface area contributed by atoms with Crippen molar-refractivity contribution in [3.05, 3.63) is 54.1 Å². The highest BCUT2D eigenvalue weighted by molar-refractivity contribution is 5.26. The van der Waals surface area contributed by atoms with E-state index in [9.17, 15) is 0 Å². The Morgan fingerprint density at radius 1 is 1.33 bits per heavy atom. The van der Waals surface area contributed by atoms with E-state index in [0.29, 0.717) is 13.0 Å². The lowest BCUT2D eigenvalue weighted by Crippen LogP contribution is -2.14. The molecule has 0 aliphatic heterocycles. The van der Waals surface area contributed by atoms with Crippen LogP contribution in [-0.4, -0.2) is 16.6 Å². The SMILES string of the molecule is CCOc1cncc(C(N)Cc2ccccn2)c1. The van der Waals surface area contributed by atoms with Crippen LogP contribution < -0.4 is 10.5 Å². The minimum atomic E-state index is -0.118. The van der Waals surface area contributed by atoms with Crippen LogP contribution in [0.1, 0.15) is 24.2 Å². The Hall–Kier alpha value is -1.94. The number of hydrogen-bond donors (Lipinski definition) is 1. The molecular weight excluding hydrogens is 226 g/mol. The molecule has 0 aliphatic carbocycles. The molecule has 0 saturated heterocycles. The Morgan fingerprint density at radius 2 is 2.22 bits per heavy atom. The summed E-state index contributed by atoms with van der Waals surface area (Å²) >= 11 is 0. The van der Waals surface area contributed by atoms with Crippen LogP contribution in [0.15, 0.2) is 42.9 Å². The standard InChI is InChI=1S/C14H17N3O/c1-2-18-13-7-11(9-16-10-13)14(15)8-12-5-3-4-6-17-12/h3-7,9-10,14H,2,8,15H2,1H3. The van der Waals surface area contributed by atoms with Gasteiger partial charge in [-0.15, -0.1) is 0 Å². The minimum Gasteiger partial charge on any atom is -0.492 e. The Morgan fingerprint density at radius 3 is 2.94 bits per heavy atom. The fourth-order valence-electron chi connectivity index (χ4n) is 1.75. The van der Waals surface area contributed by atoms with Crippen LogP contribution in [0, 0.1) is 0 Å². The lowest BCUT2D eigenvalue weighted by molar-refractivity contribution is 0.338. The van der Waals surface area contributed by atoms with Crippen molar-refractivity contribution in [1.29, 1.82) is 0 Å². The van der Waals surface area contributed by atoms with Gasteiger partial charge in [0.25, 0.3) is 0 Å². The second kappa shape index (κ2) is 6.12. The predicted octanol–water partition coefficient (Wildman–Crippen LogP) is 2.12. The van der Waals surface area contributed by atoms with Crippen molar-refractivity contribution in [2.45, 2.75) is 19.4 Å². The molecule has 2 rings (SSSR count). The van der Waals surface area contributed by atoms with Gasteiger partial charge in [-0.3, -0.25) is 9.97 Å². The summed E-state index contributed by atoms with van der Waals surface area (Å²) in [6.07, 6.45) is 5.94. The maximum Gasteiger partial charge on any atom is 0.137 e. The molecule has 2 heterocycles. The summed E-state index contributed by atoms with van der Waals surface area (Å²) in [5.74, 6) is 0.756. The van der Waals surface area contributed by atoms with E-state index in [-0.39, 0.29) is 6.04 Å². The quantitative estimate of drug-likeness (QED) is 0.873. The molecule has 1 unspecified atom stereocenters. The summed E-state index contributed by atoms with van der Waals surface area (Å²) in [5.41, 5.74) is 8.10. The zero-order valence-corrected chi connectivity index (χ0v) is 10.4. The van der Waals surface area contributed by atoms with Gasteiger partial charge in [-0.2, -0.15) is 0 Å². The second-order valence-electron chi connectivity index (χ2n) is 4.02. The van der Waals surface area contributed by atoms with Crippen molar-refractivity contribution in [1.82, 2.24) is 9.97 Å². The second-order valence-corrected chi connectivity index (χ2v) is 4.02. The largest absolute Gasteiger partial charge is 0.492 e. The summed E-state index contributed by atoms with van der Waals surface area (Å²) in [7, 11) is 0. The van der Waals surface area contributed by atoms with Gasteiger partial charge in [0.15, 0.2) is 0 Å². The number of nitrogens with zero attached hydrogens (tertiary/aromatic N) is 2. The summed E-state index contributed by atoms with van der Waals surface area (Å²) in [6.45, 7) is 2.57. The third-order valence-electron chi connectivity index (χ3n) is 2.63. The molecule has 0 aliphatic rings. The highest BCUT2D eigenvalue weighted by Crippen LogP contribution is 2.18. The molecule has 4 nitrogen and oxygen atoms in total. The monoisotopic (exact) mass is 243 g/mol. The molecule has 0 spiro atoms. The molecule has 1 atom stereocenters. The third-order valence-corrected chi connectivity index (χ3v) is 2.63. The Bertz CT molecular complexity index is 487. The predicted molar refractivity (Wildman–Crippen MR) is 70.3 cm³/mol. The lowest BCUT2D eigenvalue weighted by atomic mass is 10.0. The summed E-state index contributed by atoms with van der Waals surface area (Å²) in [4.78, 5) is 8.41. The molecule has 4 heteroatoms. The molecule has 18 heavy (non-hydrogen) atoms. The van der Waals surface area contributed by atoms with Gasteiger partial charge in [0.2, 0.25) is 0 Å². The molecule has 2 N–H and O–H groups in total. The maximum atomic E-state index is 6.16. The molecule has 0 bridgehead atoms. The summed E-state index contributed by atoms with van der Waals surface area (Å²) in [6, 6.07) is 7.65. The maximum absolute atomic E-state index is 6.16. The van der Waals surface area contributed by atoms with Crippen molar-refractivity contribution in [3.63, 3.8) is 0 Å². The van der Waals surface area contributed by atoms with E-state index in [1.54, 1.807) is 18.6 Å². The third kappa shape index (κ3) is 3.28. The smallest absolute Gasteiger partial charge is 0.137 e. The van der Waals surface area contributed by atoms with E-state index < -0.39 is 0 Å². The first-order valence-electron chi connectivity index (χ1n) is 6.03. The van der Waals surface area contributed by atoms with Crippen molar-refractivity contribution >= 4 is 0 Å². The van der Waals surface area contributed by atoms with Crippen molar-refractivity contribution in [2.75, 3.05) is 6.61 Å². The first kappa shape index (κ1) is 12.5. The van der Waals surface area contributed by atoms with E-state index in [1.165, 1.54) is 0 Å². The molecule has 0 aromatic carbocycles. The van der Waals surface area contributed by atoms with E-state index in [1.807, 2.05) is 31.2 Å². The number of nitrogens with two attached hydrogens (primary N) is 1. The van der Waals surface area contributed by atoms with Crippen LogP contribution in [0.3, 0.4) is 0 Å². The number of aromatic nitrogens is 2. The first-order valence-corrected chi connectivity index (χ1v) is 6.03. The fraction of sp³-hybridized carbons (Fsp3) is 0.286. The molecule has 0 amide bonds. The minimum absolute atomic E-state index is 0.118. The van der Waals surface area contributed by atoms with Gasteiger partial charge >= 0.3 is 0 Å². The number of rotatable bonds is 5. The highest BCUT2D eigenvalue weighted by atomic mass is 16.5. The van der Waals surface area contributed by atoms with Crippen LogP contribution in [-0.2, 0) is 6.42 Å². The zero-order valence-electron chi connectivity index (χ0n) is 10.4. The summed E-state index contributed by atoms with van der Waals surface area (Å²) < 4.78 is 5.41. The molecule has 2 aromatic heterocycles. The van der Waals surface area contributed by atoms with Crippen LogP contribution in [0.5, 0.6) is 5.75 Å². The average molecular weight is 243 g/mol. The van der Waals surface area contributed by atoms with Crippen LogP contribution >= 0.6 is 0 Å². The average Bonchev–Trinajstić information content (AvgIpc) is 2.40. The lowest BCUT2D eigenvalue weighted by Gasteiger charge is -2.12. The van der Waals surface area contributed by atoms with Gasteiger partial charge in [-0.1, -0.05) is 6.07 Å². The van der Waals surface area contributed by atoms with E-state index >= 15 is 0 Å². The number of pyridine rings is 2. The molecule has 0 radical (unpaired) electrons. The van der Waals surface area contributed by atoms with Gasteiger partial charge < -0.3 is 10.5 Å². The Balaban J connectivity index is 2.08. The van der Waals surface area contributed by atoms with Crippen LogP contribution in [0.25, 0.3) is 0 Å². The topological polar surface area (TPSA) is 61.0 Å². The number of ether oxygens (including phenoxy) is 1. The molecular formula is C14H17N3O. The van der Waals surface area contributed by atoms with Crippen LogP contribution in [0.2, 0.25) is 0 Å². The van der Waals surface area contributed by atoms with Crippen molar-refractivity contribution in [3.8, 4) is 5.75 Å². The fourth-order valence-corrected chi connectivity index (χ4v) is 1.75. The molecule has 94 valence electrons. The molecule has 0 saturated carbocycles. The number of hydrogen-bond acceptors (Lipinski definition) is 4. The summed E-state index contributed by atoms with van der Waals surface area (Å²) in [5, 5.41) is 0. The molecule has 0 fully saturated rings. The zero-order chi connectivity index (χ0) is 12.8. The van der Waals surface area contributed by atoms with Gasteiger partial charge in [-0.25, -0.2) is 0 Å². The van der Waals surface area contributed by atoms with Gasteiger partial charge in [0, 0.05) is 30.6 Å². The van der Waals surface area contributed by atoms with E-state index in [0.717, 1.165) is 17.0 Å². The van der Waals surface area contributed by atoms with Gasteiger partial charge in [0.05, 0.1) is 12.8 Å². The van der Waals surface area contributed by atoms with Gasteiger partial charge in [0.1, 0.15) is 5.75 Å². The highest BCUT2D eigenvalue weighted by Gasteiger charge is 2.09. The van der Waals surface area contributed by atoms with Crippen molar-refractivity contribution < 1.29 is 4.74 Å². The van der Waals surface area contributed by atoms with Crippen molar-refractivity contribution in [2.24, 2.45) is 5.73 Å².